The molecule has 0 aliphatic carbocycles. The van der Waals surface area contributed by atoms with Crippen molar-refractivity contribution >= 4 is 16.7 Å². The molecule has 0 saturated carbocycles. The Balaban J connectivity index is 2.49. The number of nitriles is 1. The van der Waals surface area contributed by atoms with Crippen LogP contribution in [0.25, 0.3) is 21.9 Å². The SMILES string of the molecule is N#Cc1ccc2ccc(C(=O)O)cc2c1-c1c(F)cncc1F. The number of fused-ring (bicyclic) bond motifs is 1. The van der Waals surface area contributed by atoms with Gasteiger partial charge in [-0.2, -0.15) is 5.26 Å². The van der Waals surface area contributed by atoms with Gasteiger partial charge in [-0.15, -0.1) is 0 Å². The van der Waals surface area contributed by atoms with Crippen molar-refractivity contribution in [1.29, 1.82) is 5.26 Å². The zero-order chi connectivity index (χ0) is 16.6. The average Bonchev–Trinajstić information content (AvgIpc) is 2.54. The number of aromatic nitrogens is 1. The second-order valence-electron chi connectivity index (χ2n) is 4.82. The highest BCUT2D eigenvalue weighted by Crippen LogP contribution is 2.35. The van der Waals surface area contributed by atoms with Crippen LogP contribution < -0.4 is 0 Å². The normalized spacial score (nSPS) is 10.5. The number of hydrogen-bond donors (Lipinski definition) is 1. The molecule has 0 saturated heterocycles. The Kier molecular flexibility index (Phi) is 3.47. The van der Waals surface area contributed by atoms with Gasteiger partial charge in [-0.3, -0.25) is 4.98 Å². The van der Waals surface area contributed by atoms with Gasteiger partial charge < -0.3 is 5.11 Å². The van der Waals surface area contributed by atoms with E-state index in [9.17, 15) is 18.8 Å². The number of nitrogens with zero attached hydrogens (tertiary/aromatic N) is 2. The molecule has 4 nitrogen and oxygen atoms in total. The van der Waals surface area contributed by atoms with Crippen LogP contribution >= 0.6 is 0 Å². The molecule has 0 spiro atoms. The van der Waals surface area contributed by atoms with Crippen LogP contribution in [0.2, 0.25) is 0 Å². The summed E-state index contributed by atoms with van der Waals surface area (Å²) in [6.07, 6.45) is 1.69. The maximum atomic E-state index is 14.1. The van der Waals surface area contributed by atoms with E-state index in [-0.39, 0.29) is 22.1 Å². The van der Waals surface area contributed by atoms with Gasteiger partial charge in [-0.25, -0.2) is 13.6 Å². The Morgan fingerprint density at radius 2 is 1.74 bits per heavy atom. The lowest BCUT2D eigenvalue weighted by atomic mass is 9.92. The largest absolute Gasteiger partial charge is 0.478 e. The predicted octanol–water partition coefficient (Wildman–Crippen LogP) is 3.75. The lowest BCUT2D eigenvalue weighted by Gasteiger charge is -2.11. The first-order valence-electron chi connectivity index (χ1n) is 6.52. The molecule has 6 heteroatoms. The molecule has 0 aliphatic heterocycles. The van der Waals surface area contributed by atoms with Crippen molar-refractivity contribution in [3.63, 3.8) is 0 Å². The number of rotatable bonds is 2. The number of halogens is 2. The molecule has 0 radical (unpaired) electrons. The van der Waals surface area contributed by atoms with Gasteiger partial charge in [-0.05, 0) is 29.0 Å². The van der Waals surface area contributed by atoms with Crippen LogP contribution in [-0.4, -0.2) is 16.1 Å². The molecule has 3 rings (SSSR count). The van der Waals surface area contributed by atoms with Crippen LogP contribution in [0, 0.1) is 23.0 Å². The van der Waals surface area contributed by atoms with Gasteiger partial charge in [0, 0.05) is 5.56 Å². The van der Waals surface area contributed by atoms with Crippen LogP contribution in [-0.2, 0) is 0 Å². The van der Waals surface area contributed by atoms with Gasteiger partial charge >= 0.3 is 5.97 Å². The van der Waals surface area contributed by atoms with E-state index < -0.39 is 23.2 Å². The minimum absolute atomic E-state index is 0.0190. The molecule has 0 atom stereocenters. The number of pyridine rings is 1. The molecule has 112 valence electrons. The summed E-state index contributed by atoms with van der Waals surface area (Å²) in [6.45, 7) is 0. The number of hydrogen-bond acceptors (Lipinski definition) is 3. The molecule has 1 aromatic heterocycles. The molecule has 0 amide bonds. The predicted molar refractivity (Wildman–Crippen MR) is 78.8 cm³/mol. The van der Waals surface area contributed by atoms with Crippen LogP contribution in [0.4, 0.5) is 8.78 Å². The summed E-state index contributed by atoms with van der Waals surface area (Å²) >= 11 is 0. The molecular formula is C17H8F2N2O2. The van der Waals surface area contributed by atoms with E-state index in [1.54, 1.807) is 6.07 Å². The maximum Gasteiger partial charge on any atom is 0.335 e. The third-order valence-electron chi connectivity index (χ3n) is 3.49. The van der Waals surface area contributed by atoms with Gasteiger partial charge in [0.25, 0.3) is 0 Å². The van der Waals surface area contributed by atoms with Crippen molar-refractivity contribution in [3.8, 4) is 17.2 Å². The lowest BCUT2D eigenvalue weighted by Crippen LogP contribution is -1.99. The van der Waals surface area contributed by atoms with Gasteiger partial charge in [0.2, 0.25) is 0 Å². The Hall–Kier alpha value is -3.33. The first kappa shape index (κ1) is 14.6. The van der Waals surface area contributed by atoms with Crippen molar-refractivity contribution in [3.05, 3.63) is 65.5 Å². The first-order valence-corrected chi connectivity index (χ1v) is 6.52. The van der Waals surface area contributed by atoms with Crippen LogP contribution in [0.3, 0.4) is 0 Å². The highest BCUT2D eigenvalue weighted by molar-refractivity contribution is 6.03. The third-order valence-corrected chi connectivity index (χ3v) is 3.49. The summed E-state index contributed by atoms with van der Waals surface area (Å²) in [5.74, 6) is -3.01. The minimum atomic E-state index is -1.17. The maximum absolute atomic E-state index is 14.1. The zero-order valence-corrected chi connectivity index (χ0v) is 11.5. The summed E-state index contributed by atoms with van der Waals surface area (Å²) in [6, 6.07) is 9.14. The molecule has 3 aromatic rings. The summed E-state index contributed by atoms with van der Waals surface area (Å²) in [4.78, 5) is 14.6. The van der Waals surface area contributed by atoms with Crippen molar-refractivity contribution in [2.75, 3.05) is 0 Å². The average molecular weight is 310 g/mol. The first-order chi connectivity index (χ1) is 11.0. The number of carbonyl (C=O) groups is 1. The van der Waals surface area contributed by atoms with E-state index in [2.05, 4.69) is 4.98 Å². The van der Waals surface area contributed by atoms with Crippen molar-refractivity contribution < 1.29 is 18.7 Å². The summed E-state index contributed by atoms with van der Waals surface area (Å²) in [5.41, 5.74) is -0.372. The summed E-state index contributed by atoms with van der Waals surface area (Å²) in [7, 11) is 0. The Morgan fingerprint density at radius 1 is 1.09 bits per heavy atom. The molecule has 1 heterocycles. The molecule has 23 heavy (non-hydrogen) atoms. The Labute approximate surface area is 129 Å². The van der Waals surface area contributed by atoms with Crippen LogP contribution in [0.1, 0.15) is 15.9 Å². The van der Waals surface area contributed by atoms with Gasteiger partial charge in [0.05, 0.1) is 35.2 Å². The van der Waals surface area contributed by atoms with Gasteiger partial charge in [0.1, 0.15) is 0 Å². The van der Waals surface area contributed by atoms with Crippen molar-refractivity contribution in [1.82, 2.24) is 4.98 Å². The molecule has 0 aliphatic rings. The van der Waals surface area contributed by atoms with E-state index in [4.69, 9.17) is 5.11 Å². The van der Waals surface area contributed by atoms with Crippen molar-refractivity contribution in [2.24, 2.45) is 0 Å². The fourth-order valence-electron chi connectivity index (χ4n) is 2.47. The van der Waals surface area contributed by atoms with E-state index in [0.29, 0.717) is 5.39 Å². The fraction of sp³-hybridized carbons (Fsp3) is 0. The second-order valence-corrected chi connectivity index (χ2v) is 4.82. The third kappa shape index (κ3) is 2.38. The van der Waals surface area contributed by atoms with Gasteiger partial charge in [-0.1, -0.05) is 12.1 Å². The summed E-state index contributed by atoms with van der Waals surface area (Å²) in [5, 5.41) is 19.2. The van der Waals surface area contributed by atoms with E-state index >= 15 is 0 Å². The summed E-state index contributed by atoms with van der Waals surface area (Å²) < 4.78 is 28.2. The number of benzene rings is 2. The minimum Gasteiger partial charge on any atom is -0.478 e. The quantitative estimate of drug-likeness (QED) is 0.782. The monoisotopic (exact) mass is 310 g/mol. The second kappa shape index (κ2) is 5.46. The van der Waals surface area contributed by atoms with Crippen LogP contribution in [0.15, 0.2) is 42.7 Å². The standard InChI is InChI=1S/C17H8F2N2O2/c18-13-7-21-8-14(19)16(13)15-11(6-20)4-2-9-1-3-10(17(22)23)5-12(9)15/h1-5,7-8H,(H,22,23). The molecule has 1 N–H and O–H groups in total. The van der Waals surface area contributed by atoms with E-state index in [1.807, 2.05) is 6.07 Å². The van der Waals surface area contributed by atoms with Gasteiger partial charge in [0.15, 0.2) is 11.6 Å². The lowest BCUT2D eigenvalue weighted by molar-refractivity contribution is 0.0697. The Morgan fingerprint density at radius 3 is 2.35 bits per heavy atom. The smallest absolute Gasteiger partial charge is 0.335 e. The number of carboxylic acid groups (broad SMARTS) is 1. The molecule has 2 aromatic carbocycles. The number of carboxylic acids is 1. The van der Waals surface area contributed by atoms with E-state index in [0.717, 1.165) is 12.4 Å². The highest BCUT2D eigenvalue weighted by Gasteiger charge is 2.19. The van der Waals surface area contributed by atoms with Crippen LogP contribution in [0.5, 0.6) is 0 Å². The van der Waals surface area contributed by atoms with Crippen molar-refractivity contribution in [2.45, 2.75) is 0 Å². The topological polar surface area (TPSA) is 74.0 Å². The fourth-order valence-corrected chi connectivity index (χ4v) is 2.47. The Bertz CT molecular complexity index is 974. The number of aromatic carboxylic acids is 1. The highest BCUT2D eigenvalue weighted by atomic mass is 19.1. The zero-order valence-electron chi connectivity index (χ0n) is 11.5. The molecular weight excluding hydrogens is 302 g/mol. The molecule has 0 bridgehead atoms. The van der Waals surface area contributed by atoms with E-state index in [1.165, 1.54) is 24.3 Å². The molecule has 0 unspecified atom stereocenters. The molecule has 0 fully saturated rings.